The van der Waals surface area contributed by atoms with E-state index in [1.165, 1.54) is 6.07 Å². The van der Waals surface area contributed by atoms with Crippen LogP contribution in [0, 0.1) is 5.92 Å². The summed E-state index contributed by atoms with van der Waals surface area (Å²) >= 11 is 0. The zero-order chi connectivity index (χ0) is 38.8. The van der Waals surface area contributed by atoms with Crippen LogP contribution in [0.25, 0.3) is 6.08 Å². The lowest BCUT2D eigenvalue weighted by atomic mass is 9.83. The molecule has 1 unspecified atom stereocenters. The molecule has 4 aliphatic rings. The number of phenols is 2. The smallest absolute Gasteiger partial charge is 0.342 e. The molecule has 7 rings (SSSR count). The predicted molar refractivity (Wildman–Crippen MR) is 201 cm³/mol. The Bertz CT molecular complexity index is 2090. The third-order valence-corrected chi connectivity index (χ3v) is 11.1. The summed E-state index contributed by atoms with van der Waals surface area (Å²) in [5, 5.41) is 26.4. The van der Waals surface area contributed by atoms with Crippen LogP contribution in [0.15, 0.2) is 53.3 Å². The Kier molecular flexibility index (Phi) is 11.0. The number of piperidine rings is 1. The van der Waals surface area contributed by atoms with Crippen LogP contribution >= 0.6 is 0 Å². The number of allylic oxidation sites excluding steroid dienone is 1. The molecule has 290 valence electrons. The van der Waals surface area contributed by atoms with Gasteiger partial charge < -0.3 is 39.2 Å². The number of hydrogen-bond acceptors (Lipinski definition) is 10. The van der Waals surface area contributed by atoms with Gasteiger partial charge >= 0.3 is 5.97 Å². The number of carbonyl (C=O) groups excluding carboxylic acids is 4. The number of likely N-dealkylation sites (tertiary alicyclic amines) is 1. The highest BCUT2D eigenvalue weighted by molar-refractivity contribution is 5.98. The third-order valence-electron chi connectivity index (χ3n) is 11.1. The third kappa shape index (κ3) is 8.11. The molecular formula is C42H47N3O10. The Labute approximate surface area is 318 Å². The minimum Gasteiger partial charge on any atom is -0.507 e. The Morgan fingerprint density at radius 1 is 0.982 bits per heavy atom. The SMILES string of the molecule is C[C@H](NC(=O)CC(c1ccc2c(c1)OCO2)c1c(O)cc2c(c1O)C(=O)O[C@@H](C)CCCC(=O)CCCC=C2)C(=O)N1C[C@H]2C[C@@H](C1)c1cccc(=O)n1C2. The van der Waals surface area contributed by atoms with Gasteiger partial charge in [-0.1, -0.05) is 24.3 Å². The highest BCUT2D eigenvalue weighted by Gasteiger charge is 2.38. The maximum atomic E-state index is 13.9. The van der Waals surface area contributed by atoms with Gasteiger partial charge in [0.2, 0.25) is 18.6 Å². The van der Waals surface area contributed by atoms with Gasteiger partial charge in [-0.2, -0.15) is 0 Å². The second-order valence-electron chi connectivity index (χ2n) is 15.2. The number of aromatic hydroxyl groups is 2. The number of Topliss-reactive ketones (excluding diaryl/α,β-unsaturated/α-hetero) is 1. The van der Waals surface area contributed by atoms with Gasteiger partial charge in [-0.3, -0.25) is 19.2 Å². The van der Waals surface area contributed by atoms with E-state index in [0.717, 1.165) is 12.1 Å². The fourth-order valence-electron chi connectivity index (χ4n) is 8.43. The first-order chi connectivity index (χ1) is 26.5. The summed E-state index contributed by atoms with van der Waals surface area (Å²) in [5.74, 6) is -2.28. The number of nitrogens with one attached hydrogen (secondary N) is 1. The van der Waals surface area contributed by atoms with E-state index < -0.39 is 35.7 Å². The fraction of sp³-hybridized carbons (Fsp3) is 0.452. The van der Waals surface area contributed by atoms with Gasteiger partial charge in [-0.25, -0.2) is 4.79 Å². The quantitative estimate of drug-likeness (QED) is 0.286. The van der Waals surface area contributed by atoms with Crippen LogP contribution in [0.4, 0.5) is 0 Å². The van der Waals surface area contributed by atoms with Crippen molar-refractivity contribution in [3.8, 4) is 23.0 Å². The molecule has 0 saturated carbocycles. The molecule has 1 saturated heterocycles. The van der Waals surface area contributed by atoms with Crippen LogP contribution in [0.5, 0.6) is 23.0 Å². The first-order valence-corrected chi connectivity index (χ1v) is 19.1. The van der Waals surface area contributed by atoms with Gasteiger partial charge in [0.05, 0.1) is 6.10 Å². The van der Waals surface area contributed by atoms with Crippen LogP contribution in [-0.2, 0) is 25.7 Å². The number of esters is 1. The minimum absolute atomic E-state index is 0.00394. The molecule has 1 aromatic heterocycles. The number of benzene rings is 2. The summed E-state index contributed by atoms with van der Waals surface area (Å²) in [6, 6.07) is 10.7. The average molecular weight is 754 g/mol. The monoisotopic (exact) mass is 753 g/mol. The molecule has 2 amide bonds. The number of hydrogen-bond donors (Lipinski definition) is 3. The fourth-order valence-corrected chi connectivity index (χ4v) is 8.43. The maximum Gasteiger partial charge on any atom is 0.342 e. The van der Waals surface area contributed by atoms with E-state index in [4.69, 9.17) is 14.2 Å². The maximum absolute atomic E-state index is 13.9. The van der Waals surface area contributed by atoms with E-state index in [0.29, 0.717) is 75.2 Å². The van der Waals surface area contributed by atoms with Crippen molar-refractivity contribution in [2.75, 3.05) is 19.9 Å². The molecule has 55 heavy (non-hydrogen) atoms. The van der Waals surface area contributed by atoms with Crippen LogP contribution in [0.3, 0.4) is 0 Å². The van der Waals surface area contributed by atoms with Crippen LogP contribution in [-0.4, -0.2) is 75.3 Å². The van der Waals surface area contributed by atoms with Gasteiger partial charge in [-0.05, 0) is 87.3 Å². The molecule has 3 N–H and O–H groups in total. The van der Waals surface area contributed by atoms with Gasteiger partial charge in [0.15, 0.2) is 11.5 Å². The number of fused-ring (bicyclic) bond motifs is 6. The molecule has 0 spiro atoms. The number of phenolic OH excluding ortho intramolecular Hbond substituents is 2. The first kappa shape index (κ1) is 37.7. The zero-order valence-electron chi connectivity index (χ0n) is 31.1. The highest BCUT2D eigenvalue weighted by Crippen LogP contribution is 2.46. The summed E-state index contributed by atoms with van der Waals surface area (Å²) in [6.45, 7) is 4.78. The lowest BCUT2D eigenvalue weighted by Gasteiger charge is -2.43. The molecule has 13 nitrogen and oxygen atoms in total. The number of cyclic esters (lactones) is 1. The van der Waals surface area contributed by atoms with E-state index in [1.54, 1.807) is 65.8 Å². The second kappa shape index (κ2) is 16.0. The Morgan fingerprint density at radius 3 is 2.62 bits per heavy atom. The van der Waals surface area contributed by atoms with Crippen molar-refractivity contribution in [2.45, 2.75) is 95.7 Å². The largest absolute Gasteiger partial charge is 0.507 e. The van der Waals surface area contributed by atoms with Crippen molar-refractivity contribution in [3.63, 3.8) is 0 Å². The highest BCUT2D eigenvalue weighted by atomic mass is 16.7. The molecular weight excluding hydrogens is 706 g/mol. The Hall–Kier alpha value is -5.59. The molecule has 0 radical (unpaired) electrons. The first-order valence-electron chi connectivity index (χ1n) is 19.1. The van der Waals surface area contributed by atoms with Crippen molar-refractivity contribution >= 4 is 29.6 Å². The molecule has 4 aliphatic heterocycles. The molecule has 13 heteroatoms. The van der Waals surface area contributed by atoms with Gasteiger partial charge in [-0.15, -0.1) is 0 Å². The standard InChI is InChI=1S/C42H47N3O10/c1-24-8-6-11-30(46)10-5-3-4-9-28-17-33(47)39(40(50)38(28)42(52)55-24)31(27-14-15-34-35(18-27)54-23-53-34)19-36(48)43-25(2)41(51)44-20-26-16-29(22-44)32-12-7-13-37(49)45(32)21-26/h4,7,9,12-15,17-18,24-26,29,31,47,50H,3,5-6,8,10-11,16,19-23H2,1-2H3,(H,43,48)/t24-,25-,26+,29-,31?/m0/s1. The zero-order valence-corrected chi connectivity index (χ0v) is 31.1. The van der Waals surface area contributed by atoms with Crippen LogP contribution < -0.4 is 20.3 Å². The summed E-state index contributed by atoms with van der Waals surface area (Å²) in [7, 11) is 0. The molecule has 0 aliphatic carbocycles. The van der Waals surface area contributed by atoms with Crippen LogP contribution in [0.1, 0.15) is 110 Å². The molecule has 2 aromatic carbocycles. The summed E-state index contributed by atoms with van der Waals surface area (Å²) in [6.07, 6.45) is 6.41. The molecule has 5 heterocycles. The topological polar surface area (TPSA) is 174 Å². The van der Waals surface area contributed by atoms with E-state index in [2.05, 4.69) is 5.32 Å². The number of rotatable bonds is 6. The van der Waals surface area contributed by atoms with Gasteiger partial charge in [0.25, 0.3) is 5.56 Å². The summed E-state index contributed by atoms with van der Waals surface area (Å²) in [5.41, 5.74) is 1.37. The predicted octanol–water partition coefficient (Wildman–Crippen LogP) is 5.14. The van der Waals surface area contributed by atoms with Crippen molar-refractivity contribution in [1.29, 1.82) is 0 Å². The van der Waals surface area contributed by atoms with Crippen molar-refractivity contribution in [2.24, 2.45) is 5.92 Å². The van der Waals surface area contributed by atoms with Crippen molar-refractivity contribution in [3.05, 3.63) is 86.8 Å². The van der Waals surface area contributed by atoms with E-state index in [-0.39, 0.29) is 64.7 Å². The molecule has 5 atom stereocenters. The number of amides is 2. The number of ketones is 1. The summed E-state index contributed by atoms with van der Waals surface area (Å²) < 4.78 is 18.7. The number of nitrogens with zero attached hydrogens (tertiary/aromatic N) is 2. The summed E-state index contributed by atoms with van der Waals surface area (Å²) in [4.78, 5) is 68.0. The van der Waals surface area contributed by atoms with Crippen molar-refractivity contribution < 1.29 is 43.6 Å². The Balaban J connectivity index is 1.17. The number of carbonyl (C=O) groups is 4. The van der Waals surface area contributed by atoms with E-state index in [9.17, 15) is 34.2 Å². The lowest BCUT2D eigenvalue weighted by Crippen LogP contribution is -2.54. The Morgan fingerprint density at radius 2 is 1.78 bits per heavy atom. The lowest BCUT2D eigenvalue weighted by molar-refractivity contribution is -0.138. The van der Waals surface area contributed by atoms with E-state index >= 15 is 0 Å². The number of pyridine rings is 1. The number of aromatic nitrogens is 1. The molecule has 3 aromatic rings. The molecule has 2 bridgehead atoms. The van der Waals surface area contributed by atoms with E-state index in [1.807, 2.05) is 6.07 Å². The van der Waals surface area contributed by atoms with Crippen molar-refractivity contribution in [1.82, 2.24) is 14.8 Å². The second-order valence-corrected chi connectivity index (χ2v) is 15.2. The van der Waals surface area contributed by atoms with Gasteiger partial charge in [0, 0.05) is 68.1 Å². The normalized spacial score (nSPS) is 22.1. The average Bonchev–Trinajstić information content (AvgIpc) is 3.62. The van der Waals surface area contributed by atoms with Crippen LogP contribution in [0.2, 0.25) is 0 Å². The molecule has 1 fully saturated rings. The minimum atomic E-state index is -1.00. The van der Waals surface area contributed by atoms with Gasteiger partial charge in [0.1, 0.15) is 28.9 Å². The number of ether oxygens (including phenoxy) is 3.